The minimum absolute atomic E-state index is 0.619. The number of nitrogens with one attached hydrogen (secondary N) is 1. The maximum atomic E-state index is 5.88. The van der Waals surface area contributed by atoms with Crippen molar-refractivity contribution in [2.75, 3.05) is 11.9 Å². The second-order valence-corrected chi connectivity index (χ2v) is 6.95. The molecule has 0 atom stereocenters. The third kappa shape index (κ3) is 3.79. The molecule has 3 aromatic rings. The fourth-order valence-corrected chi connectivity index (χ4v) is 3.54. The van der Waals surface area contributed by atoms with Crippen LogP contribution in [0.1, 0.15) is 12.8 Å². The van der Waals surface area contributed by atoms with E-state index in [1.54, 1.807) is 18.0 Å². The van der Waals surface area contributed by atoms with Gasteiger partial charge in [0.25, 0.3) is 0 Å². The van der Waals surface area contributed by atoms with Crippen LogP contribution >= 0.6 is 34.7 Å². The van der Waals surface area contributed by atoms with Crippen molar-refractivity contribution in [3.8, 4) is 11.3 Å². The maximum absolute atomic E-state index is 5.88. The normalized spacial score (nSPS) is 10.8. The van der Waals surface area contributed by atoms with E-state index in [1.165, 1.54) is 11.3 Å². The molecule has 0 radical (unpaired) electrons. The summed E-state index contributed by atoms with van der Waals surface area (Å²) in [6.07, 6.45) is 1.73. The van der Waals surface area contributed by atoms with Gasteiger partial charge in [0.1, 0.15) is 0 Å². The molecule has 3 rings (SSSR count). The van der Waals surface area contributed by atoms with Crippen molar-refractivity contribution in [3.63, 3.8) is 0 Å². The summed E-state index contributed by atoms with van der Waals surface area (Å²) in [6, 6.07) is 7.48. The summed E-state index contributed by atoms with van der Waals surface area (Å²) in [7, 11) is 0. The van der Waals surface area contributed by atoms with E-state index in [4.69, 9.17) is 16.0 Å². The molecule has 0 fully saturated rings. The van der Waals surface area contributed by atoms with Crippen LogP contribution in [0.4, 0.5) is 5.13 Å². The summed E-state index contributed by atoms with van der Waals surface area (Å²) >= 11 is 8.97. The summed E-state index contributed by atoms with van der Waals surface area (Å²) in [6.45, 7) is 2.86. The summed E-state index contributed by atoms with van der Waals surface area (Å²) in [4.78, 5) is 4.29. The van der Waals surface area contributed by atoms with Gasteiger partial charge in [-0.25, -0.2) is 4.98 Å². The van der Waals surface area contributed by atoms with Crippen molar-refractivity contribution >= 4 is 39.8 Å². The monoisotopic (exact) mass is 352 g/mol. The lowest BCUT2D eigenvalue weighted by molar-refractivity contribution is 0.530. The van der Waals surface area contributed by atoms with Gasteiger partial charge in [-0.3, -0.25) is 0 Å². The van der Waals surface area contributed by atoms with Crippen LogP contribution < -0.4 is 5.32 Å². The van der Waals surface area contributed by atoms with E-state index in [1.807, 2.05) is 31.2 Å². The summed E-state index contributed by atoms with van der Waals surface area (Å²) < 4.78 is 6.64. The number of halogens is 1. The van der Waals surface area contributed by atoms with Gasteiger partial charge in [0.05, 0.1) is 11.9 Å². The van der Waals surface area contributed by atoms with Gasteiger partial charge in [-0.1, -0.05) is 34.7 Å². The van der Waals surface area contributed by atoms with Crippen molar-refractivity contribution in [2.45, 2.75) is 17.0 Å². The van der Waals surface area contributed by atoms with Crippen molar-refractivity contribution in [1.29, 1.82) is 0 Å². The van der Waals surface area contributed by atoms with Crippen molar-refractivity contribution in [1.82, 2.24) is 15.2 Å². The third-order valence-electron chi connectivity index (χ3n) is 2.74. The van der Waals surface area contributed by atoms with E-state index in [-0.39, 0.29) is 0 Å². The summed E-state index contributed by atoms with van der Waals surface area (Å²) in [5, 5.41) is 12.8. The van der Waals surface area contributed by atoms with Crippen LogP contribution in [0.25, 0.3) is 11.3 Å². The Bertz CT molecular complexity index is 741. The van der Waals surface area contributed by atoms with Gasteiger partial charge in [-0.15, -0.1) is 10.2 Å². The largest absolute Gasteiger partial charge is 0.440 e. The van der Waals surface area contributed by atoms with E-state index in [2.05, 4.69) is 20.5 Å². The van der Waals surface area contributed by atoms with E-state index in [9.17, 15) is 0 Å². The van der Waals surface area contributed by atoms with Crippen molar-refractivity contribution in [2.24, 2.45) is 0 Å². The van der Waals surface area contributed by atoms with Gasteiger partial charge in [-0.05, 0) is 31.2 Å². The maximum Gasteiger partial charge on any atom is 0.206 e. The van der Waals surface area contributed by atoms with Gasteiger partial charge < -0.3 is 9.73 Å². The molecule has 114 valence electrons. The second-order valence-electron chi connectivity index (χ2n) is 4.32. The van der Waals surface area contributed by atoms with Crippen molar-refractivity contribution in [3.05, 3.63) is 41.4 Å². The van der Waals surface area contributed by atoms with E-state index < -0.39 is 0 Å². The van der Waals surface area contributed by atoms with Crippen LogP contribution in [-0.4, -0.2) is 21.7 Å². The number of oxazole rings is 1. The van der Waals surface area contributed by atoms with Crippen LogP contribution in [0.3, 0.4) is 0 Å². The molecule has 5 nitrogen and oxygen atoms in total. The highest BCUT2D eigenvalue weighted by Crippen LogP contribution is 2.29. The Labute approximate surface area is 141 Å². The molecule has 0 unspecified atom stereocenters. The average Bonchev–Trinajstić information content (AvgIpc) is 3.16. The molecule has 0 aliphatic rings. The summed E-state index contributed by atoms with van der Waals surface area (Å²) in [5.74, 6) is 2.02. The Hall–Kier alpha value is -1.57. The Morgan fingerprint density at radius 1 is 1.27 bits per heavy atom. The predicted molar refractivity (Wildman–Crippen MR) is 90.6 cm³/mol. The van der Waals surface area contributed by atoms with Crippen LogP contribution in [0.15, 0.2) is 39.2 Å². The number of anilines is 1. The minimum Gasteiger partial charge on any atom is -0.440 e. The zero-order valence-corrected chi connectivity index (χ0v) is 14.1. The number of hydrogen-bond acceptors (Lipinski definition) is 7. The highest BCUT2D eigenvalue weighted by Gasteiger charge is 2.09. The third-order valence-corrected chi connectivity index (χ3v) is 4.99. The molecule has 0 aliphatic carbocycles. The number of hydrogen-bond donors (Lipinski definition) is 1. The molecular weight excluding hydrogens is 340 g/mol. The standard InChI is InChI=1S/C14H13ClN4OS2/c1-2-16-13-18-19-14(22-13)21-8-12-17-7-11(20-12)9-3-5-10(15)6-4-9/h3-7H,2,8H2,1H3,(H,16,18). The topological polar surface area (TPSA) is 63.8 Å². The zero-order chi connectivity index (χ0) is 15.4. The Morgan fingerprint density at radius 3 is 2.86 bits per heavy atom. The molecule has 0 saturated heterocycles. The lowest BCUT2D eigenvalue weighted by atomic mass is 10.2. The molecule has 0 bridgehead atoms. The summed E-state index contributed by atoms with van der Waals surface area (Å²) in [5.41, 5.74) is 0.957. The quantitative estimate of drug-likeness (QED) is 0.655. The fraction of sp³-hybridized carbons (Fsp3) is 0.214. The van der Waals surface area contributed by atoms with Gasteiger partial charge >= 0.3 is 0 Å². The molecule has 1 N–H and O–H groups in total. The number of aromatic nitrogens is 3. The highest BCUT2D eigenvalue weighted by molar-refractivity contribution is 8.00. The molecule has 22 heavy (non-hydrogen) atoms. The van der Waals surface area contributed by atoms with Gasteiger partial charge in [0.15, 0.2) is 10.1 Å². The van der Waals surface area contributed by atoms with Gasteiger partial charge in [-0.2, -0.15) is 0 Å². The first kappa shape index (κ1) is 15.3. The van der Waals surface area contributed by atoms with Crippen LogP contribution in [0, 0.1) is 0 Å². The Balaban J connectivity index is 1.62. The smallest absolute Gasteiger partial charge is 0.206 e. The molecule has 0 amide bonds. The average molecular weight is 353 g/mol. The first-order valence-electron chi connectivity index (χ1n) is 6.65. The lowest BCUT2D eigenvalue weighted by Crippen LogP contribution is -1.94. The molecule has 2 heterocycles. The highest BCUT2D eigenvalue weighted by atomic mass is 35.5. The molecule has 8 heteroatoms. The predicted octanol–water partition coefficient (Wildman–Crippen LogP) is 4.57. The first-order chi connectivity index (χ1) is 10.7. The van der Waals surface area contributed by atoms with Crippen LogP contribution in [0.2, 0.25) is 5.02 Å². The number of benzene rings is 1. The first-order valence-corrected chi connectivity index (χ1v) is 8.83. The number of rotatable bonds is 6. The minimum atomic E-state index is 0.619. The number of nitrogens with zero attached hydrogens (tertiary/aromatic N) is 3. The molecule has 0 aliphatic heterocycles. The van der Waals surface area contributed by atoms with Gasteiger partial charge in [0, 0.05) is 17.1 Å². The number of thioether (sulfide) groups is 1. The molecular formula is C14H13ClN4OS2. The zero-order valence-electron chi connectivity index (χ0n) is 11.7. The SMILES string of the molecule is CCNc1nnc(SCc2ncc(-c3ccc(Cl)cc3)o2)s1. The molecule has 0 spiro atoms. The van der Waals surface area contributed by atoms with Crippen LogP contribution in [0.5, 0.6) is 0 Å². The van der Waals surface area contributed by atoms with Crippen molar-refractivity contribution < 1.29 is 4.42 Å². The molecule has 2 aromatic heterocycles. The van der Waals surface area contributed by atoms with E-state index in [0.29, 0.717) is 16.7 Å². The van der Waals surface area contributed by atoms with Crippen LogP contribution in [-0.2, 0) is 5.75 Å². The second kappa shape index (κ2) is 7.13. The van der Waals surface area contributed by atoms with Gasteiger partial charge in [0.2, 0.25) is 11.0 Å². The fourth-order valence-electron chi connectivity index (χ4n) is 1.74. The van der Waals surface area contributed by atoms with E-state index >= 15 is 0 Å². The Morgan fingerprint density at radius 2 is 2.09 bits per heavy atom. The lowest BCUT2D eigenvalue weighted by Gasteiger charge is -1.96. The molecule has 0 saturated carbocycles. The Kier molecular flexibility index (Phi) is 4.97. The molecule has 1 aromatic carbocycles. The van der Waals surface area contributed by atoms with E-state index in [0.717, 1.165) is 27.3 Å².